The molecule has 1 aliphatic heterocycles. The third-order valence-electron chi connectivity index (χ3n) is 3.70. The fraction of sp³-hybridized carbons (Fsp3) is 0.333. The van der Waals surface area contributed by atoms with Gasteiger partial charge in [0, 0.05) is 23.9 Å². The van der Waals surface area contributed by atoms with Crippen LogP contribution in [0.3, 0.4) is 0 Å². The summed E-state index contributed by atoms with van der Waals surface area (Å²) in [7, 11) is 0. The molecule has 7 heteroatoms. The Balaban J connectivity index is 1.74. The van der Waals surface area contributed by atoms with Crippen molar-refractivity contribution >= 4 is 17.3 Å². The van der Waals surface area contributed by atoms with Crippen LogP contribution in [0.5, 0.6) is 0 Å². The van der Waals surface area contributed by atoms with Crippen LogP contribution in [0, 0.1) is 5.82 Å². The van der Waals surface area contributed by atoms with Crippen LogP contribution < -0.4 is 0 Å². The van der Waals surface area contributed by atoms with E-state index in [-0.39, 0.29) is 12.2 Å². The van der Waals surface area contributed by atoms with E-state index >= 15 is 0 Å². The van der Waals surface area contributed by atoms with Gasteiger partial charge in [0.05, 0.1) is 18.3 Å². The fourth-order valence-electron chi connectivity index (χ4n) is 2.62. The maximum absolute atomic E-state index is 12.9. The van der Waals surface area contributed by atoms with Crippen molar-refractivity contribution in [2.45, 2.75) is 25.1 Å². The highest BCUT2D eigenvalue weighted by atomic mass is 32.1. The van der Waals surface area contributed by atoms with Crippen molar-refractivity contribution in [2.24, 2.45) is 0 Å². The van der Waals surface area contributed by atoms with Crippen molar-refractivity contribution in [2.75, 3.05) is 6.54 Å². The van der Waals surface area contributed by atoms with E-state index in [1.807, 2.05) is 5.38 Å². The van der Waals surface area contributed by atoms with Crippen LogP contribution >= 0.6 is 11.3 Å². The summed E-state index contributed by atoms with van der Waals surface area (Å²) in [6.45, 7) is 0.725. The van der Waals surface area contributed by atoms with Gasteiger partial charge in [0.2, 0.25) is 0 Å². The molecule has 1 aromatic heterocycles. The molecule has 1 saturated heterocycles. The SMILES string of the molecule is O=C(O)[C@@H]1C[C@@H](O)CN1Cc1nc(-c2ccc(F)cc2)cs1. The molecule has 116 valence electrons. The van der Waals surface area contributed by atoms with Gasteiger partial charge in [0.15, 0.2) is 0 Å². The number of aliphatic hydroxyl groups is 1. The Morgan fingerprint density at radius 3 is 2.82 bits per heavy atom. The van der Waals surface area contributed by atoms with Gasteiger partial charge in [0.1, 0.15) is 16.9 Å². The zero-order chi connectivity index (χ0) is 15.7. The van der Waals surface area contributed by atoms with E-state index < -0.39 is 18.1 Å². The number of thiazole rings is 1. The number of β-amino-alcohol motifs (C(OH)–C–C–N with tert-alkyl or cyclic N) is 1. The summed E-state index contributed by atoms with van der Waals surface area (Å²) in [6.07, 6.45) is -0.372. The molecule has 1 aliphatic rings. The maximum atomic E-state index is 12.9. The van der Waals surface area contributed by atoms with Crippen molar-refractivity contribution in [3.05, 3.63) is 40.5 Å². The number of carboxylic acids is 1. The van der Waals surface area contributed by atoms with Crippen molar-refractivity contribution in [1.82, 2.24) is 9.88 Å². The molecule has 2 heterocycles. The lowest BCUT2D eigenvalue weighted by Crippen LogP contribution is -2.35. The highest BCUT2D eigenvalue weighted by Gasteiger charge is 2.36. The molecule has 1 fully saturated rings. The van der Waals surface area contributed by atoms with Gasteiger partial charge in [-0.05, 0) is 24.3 Å². The summed E-state index contributed by atoms with van der Waals surface area (Å²) in [6, 6.07) is 5.41. The molecule has 0 unspecified atom stereocenters. The molecular formula is C15H15FN2O3S. The molecule has 22 heavy (non-hydrogen) atoms. The van der Waals surface area contributed by atoms with Crippen molar-refractivity contribution < 1.29 is 19.4 Å². The molecule has 2 aromatic rings. The van der Waals surface area contributed by atoms with Crippen LogP contribution in [0.4, 0.5) is 4.39 Å². The van der Waals surface area contributed by atoms with Crippen LogP contribution in [0.1, 0.15) is 11.4 Å². The molecule has 2 N–H and O–H groups in total. The maximum Gasteiger partial charge on any atom is 0.321 e. The summed E-state index contributed by atoms with van der Waals surface area (Å²) in [5.74, 6) is -1.22. The van der Waals surface area contributed by atoms with Crippen LogP contribution in [0.25, 0.3) is 11.3 Å². The minimum Gasteiger partial charge on any atom is -0.480 e. The Labute approximate surface area is 130 Å². The number of aliphatic hydroxyl groups excluding tert-OH is 1. The Bertz CT molecular complexity index is 674. The second kappa shape index (κ2) is 6.12. The lowest BCUT2D eigenvalue weighted by Gasteiger charge is -2.18. The number of carboxylic acid groups (broad SMARTS) is 1. The molecule has 0 saturated carbocycles. The normalized spacial score (nSPS) is 22.1. The number of likely N-dealkylation sites (tertiary alicyclic amines) is 1. The van der Waals surface area contributed by atoms with Gasteiger partial charge in [-0.1, -0.05) is 0 Å². The molecular weight excluding hydrogens is 307 g/mol. The number of hydrogen-bond acceptors (Lipinski definition) is 5. The second-order valence-electron chi connectivity index (χ2n) is 5.31. The number of halogens is 1. The Morgan fingerprint density at radius 2 is 2.14 bits per heavy atom. The van der Waals surface area contributed by atoms with E-state index in [9.17, 15) is 19.4 Å². The van der Waals surface area contributed by atoms with E-state index in [0.29, 0.717) is 13.1 Å². The predicted octanol–water partition coefficient (Wildman–Crippen LogP) is 1.97. The second-order valence-corrected chi connectivity index (χ2v) is 6.25. The summed E-state index contributed by atoms with van der Waals surface area (Å²) in [5, 5.41) is 21.5. The molecule has 0 aliphatic carbocycles. The fourth-order valence-corrected chi connectivity index (χ4v) is 3.45. The number of rotatable bonds is 4. The topological polar surface area (TPSA) is 73.7 Å². The summed E-state index contributed by atoms with van der Waals surface area (Å²) in [4.78, 5) is 17.4. The highest BCUT2D eigenvalue weighted by molar-refractivity contribution is 7.09. The number of nitrogens with zero attached hydrogens (tertiary/aromatic N) is 2. The summed E-state index contributed by atoms with van der Waals surface area (Å²) >= 11 is 1.43. The summed E-state index contributed by atoms with van der Waals surface area (Å²) in [5.41, 5.74) is 1.56. The lowest BCUT2D eigenvalue weighted by molar-refractivity contribution is -0.142. The molecule has 5 nitrogen and oxygen atoms in total. The number of benzene rings is 1. The predicted molar refractivity (Wildman–Crippen MR) is 80.0 cm³/mol. The molecule has 0 radical (unpaired) electrons. The highest BCUT2D eigenvalue weighted by Crippen LogP contribution is 2.26. The van der Waals surface area contributed by atoms with Gasteiger partial charge >= 0.3 is 5.97 Å². The van der Waals surface area contributed by atoms with E-state index in [0.717, 1.165) is 16.3 Å². The zero-order valence-electron chi connectivity index (χ0n) is 11.6. The van der Waals surface area contributed by atoms with E-state index in [2.05, 4.69) is 4.98 Å². The van der Waals surface area contributed by atoms with Gasteiger partial charge in [-0.3, -0.25) is 9.69 Å². The van der Waals surface area contributed by atoms with E-state index in [4.69, 9.17) is 0 Å². The average Bonchev–Trinajstić information content (AvgIpc) is 3.07. The van der Waals surface area contributed by atoms with Crippen molar-refractivity contribution in [3.8, 4) is 11.3 Å². The van der Waals surface area contributed by atoms with E-state index in [1.165, 1.54) is 23.5 Å². The quantitative estimate of drug-likeness (QED) is 0.900. The van der Waals surface area contributed by atoms with Crippen molar-refractivity contribution in [1.29, 1.82) is 0 Å². The Hall–Kier alpha value is -1.83. The standard InChI is InChI=1S/C15H15FN2O3S/c16-10-3-1-9(2-4-10)12-8-22-14(17-12)7-18-6-11(19)5-13(18)15(20)21/h1-4,8,11,13,19H,5-7H2,(H,20,21)/t11-,13+/m1/s1. The molecule has 1 aromatic carbocycles. The minimum atomic E-state index is -0.924. The largest absolute Gasteiger partial charge is 0.480 e. The molecule has 2 atom stereocenters. The first kappa shape index (κ1) is 15.1. The van der Waals surface area contributed by atoms with Gasteiger partial charge in [-0.2, -0.15) is 0 Å². The molecule has 0 bridgehead atoms. The third-order valence-corrected chi connectivity index (χ3v) is 4.53. The number of aliphatic carboxylic acids is 1. The minimum absolute atomic E-state index is 0.242. The van der Waals surface area contributed by atoms with Gasteiger partial charge in [-0.15, -0.1) is 11.3 Å². The monoisotopic (exact) mass is 322 g/mol. The first-order valence-electron chi connectivity index (χ1n) is 6.88. The van der Waals surface area contributed by atoms with Crippen LogP contribution in [-0.2, 0) is 11.3 Å². The lowest BCUT2D eigenvalue weighted by atomic mass is 10.2. The van der Waals surface area contributed by atoms with Crippen LogP contribution in [-0.4, -0.2) is 44.8 Å². The molecule has 0 spiro atoms. The van der Waals surface area contributed by atoms with Crippen LogP contribution in [0.15, 0.2) is 29.6 Å². The molecule has 0 amide bonds. The van der Waals surface area contributed by atoms with Crippen LogP contribution in [0.2, 0.25) is 0 Å². The van der Waals surface area contributed by atoms with Gasteiger partial charge < -0.3 is 10.2 Å². The smallest absolute Gasteiger partial charge is 0.321 e. The third kappa shape index (κ3) is 3.16. The Morgan fingerprint density at radius 1 is 1.41 bits per heavy atom. The number of hydrogen-bond donors (Lipinski definition) is 2. The zero-order valence-corrected chi connectivity index (χ0v) is 12.5. The van der Waals surface area contributed by atoms with Crippen molar-refractivity contribution in [3.63, 3.8) is 0 Å². The Kier molecular flexibility index (Phi) is 4.19. The molecule has 3 rings (SSSR count). The van der Waals surface area contributed by atoms with Gasteiger partial charge in [-0.25, -0.2) is 9.37 Å². The van der Waals surface area contributed by atoms with E-state index in [1.54, 1.807) is 17.0 Å². The number of carbonyl (C=O) groups is 1. The first-order valence-corrected chi connectivity index (χ1v) is 7.76. The summed E-state index contributed by atoms with van der Waals surface area (Å²) < 4.78 is 12.9. The average molecular weight is 322 g/mol. The number of aromatic nitrogens is 1. The van der Waals surface area contributed by atoms with Gasteiger partial charge in [0.25, 0.3) is 0 Å². The first-order chi connectivity index (χ1) is 10.5.